The van der Waals surface area contributed by atoms with Gasteiger partial charge in [0.25, 0.3) is 0 Å². The van der Waals surface area contributed by atoms with Gasteiger partial charge in [0.2, 0.25) is 0 Å². The van der Waals surface area contributed by atoms with Crippen LogP contribution in [0.5, 0.6) is 0 Å². The Hall–Kier alpha value is -5.71. The lowest BCUT2D eigenvalue weighted by Crippen LogP contribution is -2.25. The molecule has 8 aromatic rings. The van der Waals surface area contributed by atoms with Crippen LogP contribution >= 0.6 is 13.8 Å². The highest BCUT2D eigenvalue weighted by Gasteiger charge is 2.24. The Balaban J connectivity index is 1.30. The first-order chi connectivity index (χ1) is 25.5. The minimum atomic E-state index is -2.18. The zero-order valence-electron chi connectivity index (χ0n) is 29.0. The standard InChI is InChI=1S/C49H39NP2/c1-51(42-24-10-4-11-25-42,43-26-12-5-13-27-43)46-32-18-22-39(34-46)48-36-41(38-20-8-3-9-21-38)37-49(50-48)40-23-19-33-47(35-40)52(2,44-28-14-6-15-29-44)45-30-16-7-17-31-45/h3-37H,1-2H2. The SMILES string of the molecule is C=P(c1ccccc1)(c1ccccc1)c1cccc(-c2cc(-c3ccccc3)cc(-c3cccc(P(=C)(c4ccccc4)c4ccccc4)c3)n2)c1. The van der Waals surface area contributed by atoms with Crippen LogP contribution in [0.25, 0.3) is 33.6 Å². The van der Waals surface area contributed by atoms with Crippen LogP contribution in [0.3, 0.4) is 0 Å². The van der Waals surface area contributed by atoms with Gasteiger partial charge in [0.05, 0.1) is 11.4 Å². The van der Waals surface area contributed by atoms with E-state index in [1.165, 1.54) is 31.8 Å². The van der Waals surface area contributed by atoms with Gasteiger partial charge in [0.1, 0.15) is 0 Å². The summed E-state index contributed by atoms with van der Waals surface area (Å²) in [5, 5.41) is 7.43. The molecular weight excluding hydrogens is 664 g/mol. The van der Waals surface area contributed by atoms with E-state index in [-0.39, 0.29) is 0 Å². The van der Waals surface area contributed by atoms with E-state index in [2.05, 4.69) is 212 Å². The van der Waals surface area contributed by atoms with Crippen molar-refractivity contribution >= 4 is 58.2 Å². The summed E-state index contributed by atoms with van der Waals surface area (Å²) in [4.78, 5) is 5.42. The third-order valence-corrected chi connectivity index (χ3v) is 16.9. The average molecular weight is 704 g/mol. The quantitative estimate of drug-likeness (QED) is 0.137. The number of pyridine rings is 1. The van der Waals surface area contributed by atoms with Gasteiger partial charge in [-0.15, -0.1) is 0 Å². The fourth-order valence-corrected chi connectivity index (χ4v) is 13.0. The normalized spacial score (nSPS) is 11.6. The van der Waals surface area contributed by atoms with Gasteiger partial charge in [-0.2, -0.15) is 0 Å². The molecule has 1 heterocycles. The van der Waals surface area contributed by atoms with Crippen molar-refractivity contribution in [2.24, 2.45) is 0 Å². The van der Waals surface area contributed by atoms with E-state index in [9.17, 15) is 0 Å². The van der Waals surface area contributed by atoms with E-state index < -0.39 is 13.8 Å². The molecule has 0 aliphatic heterocycles. The molecule has 0 radical (unpaired) electrons. The Morgan fingerprint density at radius 3 is 0.904 bits per heavy atom. The number of benzene rings is 7. The molecule has 0 aliphatic rings. The molecule has 7 aromatic carbocycles. The maximum absolute atomic E-state index is 5.42. The molecule has 0 unspecified atom stereocenters. The Labute approximate surface area is 307 Å². The van der Waals surface area contributed by atoms with Crippen LogP contribution in [-0.2, 0) is 0 Å². The lowest BCUT2D eigenvalue weighted by atomic mass is 10.00. The van der Waals surface area contributed by atoms with Gasteiger partial charge in [-0.25, -0.2) is 4.98 Å². The van der Waals surface area contributed by atoms with Gasteiger partial charge in [-0.1, -0.05) is 201 Å². The fraction of sp³-hybridized carbons (Fsp3) is 0. The lowest BCUT2D eigenvalue weighted by Gasteiger charge is -2.27. The molecule has 0 saturated heterocycles. The summed E-state index contributed by atoms with van der Waals surface area (Å²) < 4.78 is 0. The fourth-order valence-electron chi connectivity index (χ4n) is 7.05. The Kier molecular flexibility index (Phi) is 9.32. The van der Waals surface area contributed by atoms with E-state index in [0.29, 0.717) is 0 Å². The highest BCUT2D eigenvalue weighted by Crippen LogP contribution is 2.44. The van der Waals surface area contributed by atoms with Crippen molar-refractivity contribution in [1.82, 2.24) is 4.98 Å². The maximum Gasteiger partial charge on any atom is 0.0715 e. The van der Waals surface area contributed by atoms with Gasteiger partial charge >= 0.3 is 0 Å². The molecule has 0 N–H and O–H groups in total. The molecule has 1 nitrogen and oxygen atoms in total. The van der Waals surface area contributed by atoms with Gasteiger partial charge in [0.15, 0.2) is 0 Å². The molecule has 0 bridgehead atoms. The van der Waals surface area contributed by atoms with Crippen LogP contribution < -0.4 is 31.8 Å². The predicted molar refractivity (Wildman–Crippen MR) is 232 cm³/mol. The predicted octanol–water partition coefficient (Wildman–Crippen LogP) is 9.53. The van der Waals surface area contributed by atoms with E-state index in [1.54, 1.807) is 0 Å². The number of aromatic nitrogens is 1. The highest BCUT2D eigenvalue weighted by molar-refractivity contribution is 7.93. The highest BCUT2D eigenvalue weighted by atomic mass is 31.2. The van der Waals surface area contributed by atoms with E-state index in [1.807, 2.05) is 0 Å². The second-order valence-corrected chi connectivity index (χ2v) is 19.4. The van der Waals surface area contributed by atoms with Crippen LogP contribution in [0.2, 0.25) is 0 Å². The van der Waals surface area contributed by atoms with Gasteiger partial charge in [0, 0.05) is 11.1 Å². The molecular formula is C49H39NP2. The minimum Gasteiger partial charge on any atom is -0.248 e. The monoisotopic (exact) mass is 703 g/mol. The Bertz CT molecular complexity index is 2300. The largest absolute Gasteiger partial charge is 0.248 e. The van der Waals surface area contributed by atoms with Crippen molar-refractivity contribution in [3.8, 4) is 33.6 Å². The molecule has 0 aliphatic carbocycles. The number of hydrogen-bond acceptors (Lipinski definition) is 1. The summed E-state index contributed by atoms with van der Waals surface area (Å²) in [5.41, 5.74) is 6.27. The zero-order valence-corrected chi connectivity index (χ0v) is 30.8. The molecule has 0 spiro atoms. The molecule has 0 saturated carbocycles. The van der Waals surface area contributed by atoms with Crippen molar-refractivity contribution in [2.75, 3.05) is 0 Å². The van der Waals surface area contributed by atoms with Gasteiger partial charge in [-0.05, 0) is 81.0 Å². The molecule has 0 atom stereocenters. The second-order valence-electron chi connectivity index (χ2n) is 13.1. The van der Waals surface area contributed by atoms with E-state index in [0.717, 1.165) is 33.6 Å². The maximum atomic E-state index is 5.42. The van der Waals surface area contributed by atoms with Gasteiger partial charge in [-0.3, -0.25) is 0 Å². The van der Waals surface area contributed by atoms with Gasteiger partial charge < -0.3 is 0 Å². The second kappa shape index (κ2) is 14.5. The summed E-state index contributed by atoms with van der Waals surface area (Å²) in [6.07, 6.45) is 10.0. The van der Waals surface area contributed by atoms with Crippen molar-refractivity contribution in [3.63, 3.8) is 0 Å². The number of rotatable bonds is 9. The van der Waals surface area contributed by atoms with Crippen LogP contribution in [0.4, 0.5) is 0 Å². The zero-order chi connectivity index (χ0) is 35.4. The molecule has 250 valence electrons. The van der Waals surface area contributed by atoms with Crippen LogP contribution in [-0.4, -0.2) is 17.6 Å². The average Bonchev–Trinajstić information content (AvgIpc) is 3.24. The molecule has 52 heavy (non-hydrogen) atoms. The Morgan fingerprint density at radius 2 is 0.558 bits per heavy atom. The van der Waals surface area contributed by atoms with Crippen molar-refractivity contribution in [2.45, 2.75) is 0 Å². The van der Waals surface area contributed by atoms with E-state index in [4.69, 9.17) is 17.6 Å². The molecule has 0 fully saturated rings. The molecule has 0 amide bonds. The third kappa shape index (κ3) is 6.35. The Morgan fingerprint density at radius 1 is 0.269 bits per heavy atom. The van der Waals surface area contributed by atoms with Crippen LogP contribution in [0.1, 0.15) is 0 Å². The van der Waals surface area contributed by atoms with Crippen molar-refractivity contribution in [1.29, 1.82) is 0 Å². The van der Waals surface area contributed by atoms with Crippen molar-refractivity contribution in [3.05, 3.63) is 212 Å². The number of hydrogen-bond donors (Lipinski definition) is 0. The summed E-state index contributed by atoms with van der Waals surface area (Å²) in [5.74, 6) is 0. The minimum absolute atomic E-state index is 0.929. The lowest BCUT2D eigenvalue weighted by molar-refractivity contribution is 1.32. The van der Waals surface area contributed by atoms with Crippen LogP contribution in [0.15, 0.2) is 212 Å². The summed E-state index contributed by atoms with van der Waals surface area (Å²) in [6.45, 7) is -4.36. The molecule has 3 heteroatoms. The van der Waals surface area contributed by atoms with Crippen molar-refractivity contribution < 1.29 is 0 Å². The van der Waals surface area contributed by atoms with E-state index >= 15 is 0 Å². The first-order valence-corrected chi connectivity index (χ1v) is 21.5. The third-order valence-electron chi connectivity index (χ3n) is 9.89. The van der Waals surface area contributed by atoms with Crippen LogP contribution in [0, 0.1) is 0 Å². The smallest absolute Gasteiger partial charge is 0.0715 e. The summed E-state index contributed by atoms with van der Waals surface area (Å²) in [7, 11) is 0. The molecule has 8 rings (SSSR count). The topological polar surface area (TPSA) is 12.9 Å². The molecule has 1 aromatic heterocycles. The summed E-state index contributed by atoms with van der Waals surface area (Å²) >= 11 is 0. The first-order valence-electron chi connectivity index (χ1n) is 17.5. The number of nitrogens with zero attached hydrogens (tertiary/aromatic N) is 1. The first kappa shape index (κ1) is 33.4. The summed E-state index contributed by atoms with van der Waals surface area (Å²) in [6, 6.07) is 75.8.